The Labute approximate surface area is 192 Å². The molecule has 0 radical (unpaired) electrons. The second kappa shape index (κ2) is 9.14. The number of carbonyl (C=O) groups is 2. The van der Waals surface area contributed by atoms with Crippen molar-refractivity contribution in [3.05, 3.63) is 77.6 Å². The van der Waals surface area contributed by atoms with Crippen molar-refractivity contribution in [1.82, 2.24) is 4.98 Å². The molecule has 2 heterocycles. The number of rotatable bonds is 4. The van der Waals surface area contributed by atoms with Gasteiger partial charge in [0.05, 0.1) is 5.56 Å². The molecular weight excluding hydrogens is 453 g/mol. The molecule has 0 fully saturated rings. The van der Waals surface area contributed by atoms with Crippen LogP contribution in [0.5, 0.6) is 0 Å². The van der Waals surface area contributed by atoms with E-state index in [4.69, 9.17) is 0 Å². The van der Waals surface area contributed by atoms with Gasteiger partial charge in [-0.25, -0.2) is 4.79 Å². The quantitative estimate of drug-likeness (QED) is 0.480. The predicted molar refractivity (Wildman–Crippen MR) is 122 cm³/mol. The number of pyridine rings is 1. The number of anilines is 3. The number of urea groups is 1. The van der Waals surface area contributed by atoms with Gasteiger partial charge in [0, 0.05) is 34.7 Å². The number of halogens is 3. The van der Waals surface area contributed by atoms with E-state index in [1.807, 2.05) is 0 Å². The summed E-state index contributed by atoms with van der Waals surface area (Å²) >= 11 is 1.03. The first-order valence-corrected chi connectivity index (χ1v) is 11.2. The molecule has 1 aliphatic heterocycles. The highest BCUT2D eigenvalue weighted by atomic mass is 32.2. The van der Waals surface area contributed by atoms with Crippen LogP contribution in [-0.2, 0) is 12.6 Å². The molecule has 170 valence electrons. The molecule has 33 heavy (non-hydrogen) atoms. The molecule has 2 N–H and O–H groups in total. The molecule has 4 rings (SSSR count). The van der Waals surface area contributed by atoms with Crippen LogP contribution in [0.3, 0.4) is 0 Å². The molecule has 0 saturated heterocycles. The summed E-state index contributed by atoms with van der Waals surface area (Å²) in [5.41, 5.74) is 1.26. The van der Waals surface area contributed by atoms with Crippen LogP contribution in [0.4, 0.5) is 35.0 Å². The lowest BCUT2D eigenvalue weighted by Gasteiger charge is -2.20. The van der Waals surface area contributed by atoms with Gasteiger partial charge in [0.15, 0.2) is 0 Å². The van der Waals surface area contributed by atoms with Gasteiger partial charge in [0.2, 0.25) is 0 Å². The lowest BCUT2D eigenvalue weighted by Crippen LogP contribution is -2.33. The molecule has 3 amide bonds. The van der Waals surface area contributed by atoms with E-state index in [1.54, 1.807) is 48.7 Å². The first kappa shape index (κ1) is 22.7. The molecule has 0 saturated carbocycles. The zero-order valence-corrected chi connectivity index (χ0v) is 18.3. The Kier molecular flexibility index (Phi) is 6.28. The molecule has 3 aromatic rings. The van der Waals surface area contributed by atoms with Crippen molar-refractivity contribution >= 4 is 40.8 Å². The molecule has 2 aromatic carbocycles. The van der Waals surface area contributed by atoms with Crippen molar-refractivity contribution in [2.45, 2.75) is 17.5 Å². The summed E-state index contributed by atoms with van der Waals surface area (Å²) in [5.74, 6) is -0.406. The third kappa shape index (κ3) is 4.95. The summed E-state index contributed by atoms with van der Waals surface area (Å²) in [7, 11) is 0. The summed E-state index contributed by atoms with van der Waals surface area (Å²) in [6, 6.07) is 13.4. The fourth-order valence-corrected chi connectivity index (χ4v) is 4.23. The Morgan fingerprint density at radius 2 is 1.79 bits per heavy atom. The van der Waals surface area contributed by atoms with E-state index in [0.29, 0.717) is 23.4 Å². The minimum Gasteiger partial charge on any atom is -0.321 e. The highest BCUT2D eigenvalue weighted by molar-refractivity contribution is 7.98. The standard InChI is InChI=1S/C23H19F3N4O2S/c1-33-20-11-14-8-10-30(19(14)13-17(20)23(24,25)26)22(32)29-16-6-4-5-15(12-16)28-21(31)18-7-2-3-9-27-18/h2-7,9,11-13H,8,10H2,1H3,(H,28,31)(H,29,32). The number of nitrogens with one attached hydrogen (secondary N) is 2. The minimum atomic E-state index is -4.52. The SMILES string of the molecule is CSc1cc2c(cc1C(F)(F)F)N(C(=O)Nc1cccc(NC(=O)c3ccccn3)c1)CC2. The van der Waals surface area contributed by atoms with Crippen molar-refractivity contribution < 1.29 is 22.8 Å². The topological polar surface area (TPSA) is 74.3 Å². The fraction of sp³-hybridized carbons (Fsp3) is 0.174. The van der Waals surface area contributed by atoms with E-state index >= 15 is 0 Å². The third-order valence-corrected chi connectivity index (χ3v) is 5.89. The number of nitrogens with zero attached hydrogens (tertiary/aromatic N) is 2. The molecule has 10 heteroatoms. The van der Waals surface area contributed by atoms with E-state index in [-0.39, 0.29) is 22.8 Å². The lowest BCUT2D eigenvalue weighted by atomic mass is 10.1. The van der Waals surface area contributed by atoms with E-state index < -0.39 is 23.7 Å². The van der Waals surface area contributed by atoms with Crippen LogP contribution < -0.4 is 15.5 Å². The second-order valence-corrected chi connectivity index (χ2v) is 8.11. The van der Waals surface area contributed by atoms with E-state index in [0.717, 1.165) is 17.8 Å². The first-order chi connectivity index (χ1) is 15.8. The van der Waals surface area contributed by atoms with Gasteiger partial charge in [-0.05, 0) is 60.7 Å². The lowest BCUT2D eigenvalue weighted by molar-refractivity contribution is -0.139. The van der Waals surface area contributed by atoms with Crippen molar-refractivity contribution in [3.63, 3.8) is 0 Å². The molecular formula is C23H19F3N4O2S. The molecule has 0 bridgehead atoms. The zero-order chi connectivity index (χ0) is 23.6. The molecule has 0 spiro atoms. The van der Waals surface area contributed by atoms with Crippen LogP contribution >= 0.6 is 11.8 Å². The number of thioether (sulfide) groups is 1. The van der Waals surface area contributed by atoms with Crippen molar-refractivity contribution in [2.24, 2.45) is 0 Å². The Morgan fingerprint density at radius 3 is 2.45 bits per heavy atom. The van der Waals surface area contributed by atoms with E-state index in [9.17, 15) is 22.8 Å². The van der Waals surface area contributed by atoms with Crippen molar-refractivity contribution in [1.29, 1.82) is 0 Å². The van der Waals surface area contributed by atoms with Crippen LogP contribution in [0.15, 0.2) is 65.7 Å². The Balaban J connectivity index is 1.51. The van der Waals surface area contributed by atoms with Crippen LogP contribution in [-0.4, -0.2) is 29.7 Å². The Morgan fingerprint density at radius 1 is 1.03 bits per heavy atom. The highest BCUT2D eigenvalue weighted by Gasteiger charge is 2.36. The summed E-state index contributed by atoms with van der Waals surface area (Å²) < 4.78 is 40.4. The Bertz CT molecular complexity index is 1200. The van der Waals surface area contributed by atoms with Crippen molar-refractivity contribution in [3.8, 4) is 0 Å². The van der Waals surface area contributed by atoms with Gasteiger partial charge in [-0.3, -0.25) is 14.7 Å². The summed E-state index contributed by atoms with van der Waals surface area (Å²) in [6.07, 6.45) is -0.950. The number of fused-ring (bicyclic) bond motifs is 1. The molecule has 1 aliphatic rings. The average Bonchev–Trinajstić information content (AvgIpc) is 3.21. The number of hydrogen-bond donors (Lipinski definition) is 2. The highest BCUT2D eigenvalue weighted by Crippen LogP contribution is 2.42. The van der Waals surface area contributed by atoms with Crippen LogP contribution in [0.1, 0.15) is 21.6 Å². The van der Waals surface area contributed by atoms with Crippen LogP contribution in [0.2, 0.25) is 0 Å². The molecule has 0 unspecified atom stereocenters. The largest absolute Gasteiger partial charge is 0.417 e. The van der Waals surface area contributed by atoms with Gasteiger partial charge >= 0.3 is 12.2 Å². The summed E-state index contributed by atoms with van der Waals surface area (Å²) in [5, 5.41) is 5.40. The molecule has 1 aromatic heterocycles. The van der Waals surface area contributed by atoms with Crippen LogP contribution in [0.25, 0.3) is 0 Å². The Hall–Kier alpha value is -3.53. The van der Waals surface area contributed by atoms with E-state index in [2.05, 4.69) is 15.6 Å². The van der Waals surface area contributed by atoms with E-state index in [1.165, 1.54) is 17.2 Å². The normalized spacial score (nSPS) is 12.9. The van der Waals surface area contributed by atoms with Gasteiger partial charge in [-0.1, -0.05) is 12.1 Å². The summed E-state index contributed by atoms with van der Waals surface area (Å²) in [4.78, 5) is 30.6. The van der Waals surface area contributed by atoms with Gasteiger partial charge in [-0.2, -0.15) is 13.2 Å². The maximum absolute atomic E-state index is 13.5. The van der Waals surface area contributed by atoms with Gasteiger partial charge in [0.25, 0.3) is 5.91 Å². The van der Waals surface area contributed by atoms with Gasteiger partial charge in [-0.15, -0.1) is 11.8 Å². The fourth-order valence-electron chi connectivity index (χ4n) is 3.57. The number of benzene rings is 2. The maximum atomic E-state index is 13.5. The van der Waals surface area contributed by atoms with Crippen molar-refractivity contribution in [2.75, 3.05) is 28.3 Å². The smallest absolute Gasteiger partial charge is 0.321 e. The zero-order valence-electron chi connectivity index (χ0n) is 17.4. The number of carbonyl (C=O) groups excluding carboxylic acids is 2. The maximum Gasteiger partial charge on any atom is 0.417 e. The average molecular weight is 472 g/mol. The number of amides is 3. The first-order valence-electron chi connectivity index (χ1n) is 9.95. The number of aromatic nitrogens is 1. The summed E-state index contributed by atoms with van der Waals surface area (Å²) in [6.45, 7) is 0.270. The molecule has 0 aliphatic carbocycles. The number of hydrogen-bond acceptors (Lipinski definition) is 4. The van der Waals surface area contributed by atoms with Gasteiger partial charge in [0.1, 0.15) is 5.69 Å². The number of alkyl halides is 3. The van der Waals surface area contributed by atoms with Gasteiger partial charge < -0.3 is 10.6 Å². The second-order valence-electron chi connectivity index (χ2n) is 7.26. The third-order valence-electron chi connectivity index (χ3n) is 5.12. The molecule has 0 atom stereocenters. The van der Waals surface area contributed by atoms with Crippen LogP contribution in [0, 0.1) is 0 Å². The molecule has 6 nitrogen and oxygen atoms in total. The monoisotopic (exact) mass is 472 g/mol. The minimum absolute atomic E-state index is 0.139. The predicted octanol–water partition coefficient (Wildman–Crippen LogP) is 5.67.